The van der Waals surface area contributed by atoms with Gasteiger partial charge in [-0.25, -0.2) is 15.0 Å². The minimum absolute atomic E-state index is 0.0144. The van der Waals surface area contributed by atoms with Gasteiger partial charge >= 0.3 is 0 Å². The largest absolute Gasteiger partial charge is 0.394 e. The molecule has 0 aliphatic carbocycles. The number of hydrogen-bond donors (Lipinski definition) is 3. The summed E-state index contributed by atoms with van der Waals surface area (Å²) in [6, 6.07) is 8.10. The highest BCUT2D eigenvalue weighted by Crippen LogP contribution is 2.34. The molecule has 10 heteroatoms. The average molecular weight is 495 g/mol. The van der Waals surface area contributed by atoms with Gasteiger partial charge in [0.1, 0.15) is 16.5 Å². The minimum atomic E-state index is -0.123. The second-order valence-corrected chi connectivity index (χ2v) is 10.3. The number of likely N-dealkylation sites (tertiary alicyclic amines) is 1. The predicted octanol–water partition coefficient (Wildman–Crippen LogP) is 4.98. The number of aliphatic hydroxyl groups excluding tert-OH is 1. The Morgan fingerprint density at radius 2 is 2.15 bits per heavy atom. The van der Waals surface area contributed by atoms with Crippen LogP contribution in [0.4, 0.5) is 17.2 Å². The van der Waals surface area contributed by atoms with E-state index in [4.69, 9.17) is 0 Å². The quantitative estimate of drug-likeness (QED) is 0.333. The molecule has 8 nitrogen and oxygen atoms in total. The normalized spacial score (nSPS) is 15.9. The lowest BCUT2D eigenvalue weighted by Crippen LogP contribution is -2.37. The predicted molar refractivity (Wildman–Crippen MR) is 138 cm³/mol. The zero-order valence-electron chi connectivity index (χ0n) is 19.0. The van der Waals surface area contributed by atoms with E-state index in [2.05, 4.69) is 45.5 Å². The number of amides is 1. The molecule has 176 valence electrons. The van der Waals surface area contributed by atoms with Crippen LogP contribution in [0.5, 0.6) is 0 Å². The minimum Gasteiger partial charge on any atom is -0.394 e. The molecule has 5 rings (SSSR count). The topological polar surface area (TPSA) is 103 Å². The van der Waals surface area contributed by atoms with Crippen LogP contribution < -0.4 is 10.6 Å². The van der Waals surface area contributed by atoms with Crippen molar-refractivity contribution >= 4 is 56.0 Å². The molecule has 1 atom stereocenters. The van der Waals surface area contributed by atoms with E-state index in [1.54, 1.807) is 27.8 Å². The number of hydrogen-bond acceptors (Lipinski definition) is 9. The van der Waals surface area contributed by atoms with Gasteiger partial charge in [0.25, 0.3) is 5.91 Å². The summed E-state index contributed by atoms with van der Waals surface area (Å²) in [5.41, 5.74) is 5.92. The highest BCUT2D eigenvalue weighted by atomic mass is 32.1. The lowest BCUT2D eigenvalue weighted by Gasteiger charge is -2.21. The maximum absolute atomic E-state index is 13.0. The van der Waals surface area contributed by atoms with Crippen LogP contribution in [-0.2, 0) is 0 Å². The van der Waals surface area contributed by atoms with Crippen molar-refractivity contribution in [3.05, 3.63) is 47.0 Å². The van der Waals surface area contributed by atoms with Crippen molar-refractivity contribution in [2.75, 3.05) is 23.8 Å². The lowest BCUT2D eigenvalue weighted by molar-refractivity contribution is 0.0672. The van der Waals surface area contributed by atoms with Crippen LogP contribution in [-0.4, -0.2) is 56.1 Å². The molecule has 1 saturated heterocycles. The van der Waals surface area contributed by atoms with Gasteiger partial charge in [-0.1, -0.05) is 0 Å². The Kier molecular flexibility index (Phi) is 6.44. The van der Waals surface area contributed by atoms with Crippen LogP contribution >= 0.6 is 22.7 Å². The molecule has 4 heterocycles. The first-order valence-electron chi connectivity index (χ1n) is 11.3. The fourth-order valence-corrected chi connectivity index (χ4v) is 5.67. The Hall–Kier alpha value is -3.08. The lowest BCUT2D eigenvalue weighted by atomic mass is 10.2. The van der Waals surface area contributed by atoms with Crippen LogP contribution in [0.2, 0.25) is 0 Å². The zero-order valence-corrected chi connectivity index (χ0v) is 20.6. The Morgan fingerprint density at radius 3 is 2.97 bits per heavy atom. The van der Waals surface area contributed by atoms with Crippen LogP contribution in [0.3, 0.4) is 0 Å². The standard InChI is InChI=1S/C24H26N6O2S2/c1-14(2)27-19-9-22(28-15-5-6-18-21(8-15)34-13-26-18)25-10-17(19)23-29-20(12-33-23)24(32)30-7-3-4-16(30)11-31/h5-6,8-10,12-14,16,31H,3-4,7,11H2,1-2H3,(H2,25,27,28)/t16-/m1/s1. The van der Waals surface area contributed by atoms with Gasteiger partial charge in [0.2, 0.25) is 0 Å². The zero-order chi connectivity index (χ0) is 23.7. The molecule has 4 aromatic rings. The molecule has 3 N–H and O–H groups in total. The van der Waals surface area contributed by atoms with Gasteiger partial charge < -0.3 is 20.6 Å². The number of anilines is 3. The Morgan fingerprint density at radius 1 is 1.26 bits per heavy atom. The molecule has 0 bridgehead atoms. The van der Waals surface area contributed by atoms with Gasteiger partial charge in [-0.3, -0.25) is 4.79 Å². The molecule has 0 radical (unpaired) electrons. The Bertz CT molecular complexity index is 1320. The first-order chi connectivity index (χ1) is 16.5. The van der Waals surface area contributed by atoms with Gasteiger partial charge in [0, 0.05) is 41.6 Å². The maximum Gasteiger partial charge on any atom is 0.273 e. The van der Waals surface area contributed by atoms with E-state index in [0.29, 0.717) is 18.1 Å². The van der Waals surface area contributed by atoms with Crippen LogP contribution in [0.1, 0.15) is 37.2 Å². The second kappa shape index (κ2) is 9.65. The van der Waals surface area contributed by atoms with Crippen molar-refractivity contribution in [3.8, 4) is 10.6 Å². The van der Waals surface area contributed by atoms with Crippen molar-refractivity contribution in [3.63, 3.8) is 0 Å². The van der Waals surface area contributed by atoms with Crippen molar-refractivity contribution < 1.29 is 9.90 Å². The molecule has 3 aromatic heterocycles. The summed E-state index contributed by atoms with van der Waals surface area (Å²) in [5, 5.41) is 19.0. The molecular formula is C24H26N6O2S2. The molecule has 1 aliphatic rings. The first-order valence-corrected chi connectivity index (χ1v) is 13.0. The summed E-state index contributed by atoms with van der Waals surface area (Å²) in [5.74, 6) is 0.591. The fraction of sp³-hybridized carbons (Fsp3) is 0.333. The van der Waals surface area contributed by atoms with E-state index in [9.17, 15) is 9.90 Å². The molecule has 34 heavy (non-hydrogen) atoms. The van der Waals surface area contributed by atoms with Crippen molar-refractivity contribution in [1.29, 1.82) is 0 Å². The molecule has 1 fully saturated rings. The van der Waals surface area contributed by atoms with Crippen molar-refractivity contribution in [2.24, 2.45) is 0 Å². The Labute approximate surface area is 205 Å². The number of rotatable bonds is 7. The third-order valence-corrected chi connectivity index (χ3v) is 7.42. The van der Waals surface area contributed by atoms with E-state index < -0.39 is 0 Å². The number of aliphatic hydroxyl groups is 1. The van der Waals surface area contributed by atoms with Gasteiger partial charge in [0.15, 0.2) is 0 Å². The number of nitrogens with zero attached hydrogens (tertiary/aromatic N) is 4. The average Bonchev–Trinajstić information content (AvgIpc) is 3.58. The van der Waals surface area contributed by atoms with Gasteiger partial charge in [-0.2, -0.15) is 0 Å². The number of nitrogens with one attached hydrogen (secondary N) is 2. The second-order valence-electron chi connectivity index (χ2n) is 8.59. The van der Waals surface area contributed by atoms with Crippen LogP contribution in [0.25, 0.3) is 20.8 Å². The summed E-state index contributed by atoms with van der Waals surface area (Å²) in [7, 11) is 0. The number of fused-ring (bicyclic) bond motifs is 1. The number of carbonyl (C=O) groups is 1. The summed E-state index contributed by atoms with van der Waals surface area (Å²) >= 11 is 3.03. The summed E-state index contributed by atoms with van der Waals surface area (Å²) in [4.78, 5) is 28.3. The van der Waals surface area contributed by atoms with Gasteiger partial charge in [-0.05, 0) is 44.9 Å². The van der Waals surface area contributed by atoms with Crippen molar-refractivity contribution in [2.45, 2.75) is 38.8 Å². The monoisotopic (exact) mass is 494 g/mol. The first kappa shape index (κ1) is 22.7. The maximum atomic E-state index is 13.0. The van der Waals surface area contributed by atoms with Crippen LogP contribution in [0.15, 0.2) is 41.4 Å². The van der Waals surface area contributed by atoms with E-state index in [0.717, 1.165) is 45.0 Å². The summed E-state index contributed by atoms with van der Waals surface area (Å²) in [6.45, 7) is 4.80. The molecule has 0 unspecified atom stereocenters. The van der Waals surface area contributed by atoms with E-state index >= 15 is 0 Å². The summed E-state index contributed by atoms with van der Waals surface area (Å²) < 4.78 is 1.11. The number of thiazole rings is 2. The Balaban J connectivity index is 1.41. The molecule has 0 saturated carbocycles. The molecule has 1 aromatic carbocycles. The highest BCUT2D eigenvalue weighted by molar-refractivity contribution is 7.16. The molecule has 0 spiro atoms. The fourth-order valence-electron chi connectivity index (χ4n) is 4.14. The SMILES string of the molecule is CC(C)Nc1cc(Nc2ccc3ncsc3c2)ncc1-c1nc(C(=O)N2CCC[C@@H]2CO)cs1. The smallest absolute Gasteiger partial charge is 0.273 e. The number of benzene rings is 1. The number of aromatic nitrogens is 3. The third kappa shape index (κ3) is 4.61. The van der Waals surface area contributed by atoms with E-state index in [1.807, 2.05) is 23.7 Å². The molecule has 1 amide bonds. The van der Waals surface area contributed by atoms with Gasteiger partial charge in [0.05, 0.1) is 33.9 Å². The van der Waals surface area contributed by atoms with Gasteiger partial charge in [-0.15, -0.1) is 22.7 Å². The molecule has 1 aliphatic heterocycles. The van der Waals surface area contributed by atoms with Crippen molar-refractivity contribution in [1.82, 2.24) is 19.9 Å². The third-order valence-electron chi connectivity index (χ3n) is 5.75. The van der Waals surface area contributed by atoms with Crippen LogP contribution in [0, 0.1) is 0 Å². The highest BCUT2D eigenvalue weighted by Gasteiger charge is 2.30. The molecular weight excluding hydrogens is 468 g/mol. The number of pyridine rings is 1. The number of carbonyl (C=O) groups excluding carboxylic acids is 1. The summed E-state index contributed by atoms with van der Waals surface area (Å²) in [6.07, 6.45) is 3.53. The van der Waals surface area contributed by atoms with E-state index in [1.165, 1.54) is 11.3 Å². The van der Waals surface area contributed by atoms with E-state index in [-0.39, 0.29) is 24.6 Å².